The van der Waals surface area contributed by atoms with Gasteiger partial charge in [0.2, 0.25) is 0 Å². The van der Waals surface area contributed by atoms with Crippen molar-refractivity contribution in [3.05, 3.63) is 70.4 Å². The molecule has 1 heterocycles. The lowest BCUT2D eigenvalue weighted by Gasteiger charge is -2.10. The van der Waals surface area contributed by atoms with Gasteiger partial charge in [-0.1, -0.05) is 0 Å². The number of nitrogens with one attached hydrogen (secondary N) is 1. The van der Waals surface area contributed by atoms with E-state index in [0.717, 1.165) is 5.69 Å². The normalized spacial score (nSPS) is 10.4. The minimum atomic E-state index is -0.443. The van der Waals surface area contributed by atoms with Crippen molar-refractivity contribution in [2.45, 2.75) is 0 Å². The van der Waals surface area contributed by atoms with Gasteiger partial charge in [0.15, 0.2) is 0 Å². The molecule has 0 atom stereocenters. The number of hydrogen-bond acceptors (Lipinski definition) is 6. The second-order valence-electron chi connectivity index (χ2n) is 5.01. The van der Waals surface area contributed by atoms with Gasteiger partial charge in [0.1, 0.15) is 0 Å². The third kappa shape index (κ3) is 3.00. The summed E-state index contributed by atoms with van der Waals surface area (Å²) in [6, 6.07) is 13.0. The zero-order valence-corrected chi connectivity index (χ0v) is 12.7. The molecule has 2 aromatic carbocycles. The van der Waals surface area contributed by atoms with Crippen LogP contribution < -0.4 is 5.32 Å². The largest absolute Gasteiger partial charge is 0.465 e. The van der Waals surface area contributed by atoms with Gasteiger partial charge in [-0.25, -0.2) is 4.79 Å². The number of rotatable bonds is 4. The van der Waals surface area contributed by atoms with Crippen LogP contribution in [0.1, 0.15) is 10.4 Å². The van der Waals surface area contributed by atoms with Crippen molar-refractivity contribution >= 4 is 33.9 Å². The van der Waals surface area contributed by atoms with E-state index in [4.69, 9.17) is 0 Å². The summed E-state index contributed by atoms with van der Waals surface area (Å²) in [5.41, 5.74) is 2.52. The molecular weight excluding hydrogens is 310 g/mol. The second kappa shape index (κ2) is 6.33. The lowest BCUT2D eigenvalue weighted by molar-refractivity contribution is -0.384. The maximum absolute atomic E-state index is 11.4. The molecule has 0 spiro atoms. The number of nitro benzene ring substituents is 1. The van der Waals surface area contributed by atoms with Gasteiger partial charge in [-0.05, 0) is 36.4 Å². The fourth-order valence-corrected chi connectivity index (χ4v) is 2.32. The average molecular weight is 323 g/mol. The summed E-state index contributed by atoms with van der Waals surface area (Å²) < 4.78 is 4.66. The standard InChI is InChI=1S/C17H13N3O4/c1-24-17(21)11-2-4-12(5-3-11)19-16-8-9-18-15-7-6-13(20(22)23)10-14(15)16/h2-10H,1H3,(H,18,19). The Morgan fingerprint density at radius 2 is 1.92 bits per heavy atom. The number of carbonyl (C=O) groups excluding carboxylic acids is 1. The third-order valence-corrected chi connectivity index (χ3v) is 3.52. The van der Waals surface area contributed by atoms with Crippen molar-refractivity contribution < 1.29 is 14.5 Å². The molecule has 0 unspecified atom stereocenters. The summed E-state index contributed by atoms with van der Waals surface area (Å²) in [5, 5.41) is 14.8. The number of benzene rings is 2. The number of carbonyl (C=O) groups is 1. The summed E-state index contributed by atoms with van der Waals surface area (Å²) in [6.07, 6.45) is 1.62. The fourth-order valence-electron chi connectivity index (χ4n) is 2.32. The first-order valence-electron chi connectivity index (χ1n) is 7.07. The topological polar surface area (TPSA) is 94.4 Å². The van der Waals surface area contributed by atoms with Crippen molar-refractivity contribution in [3.8, 4) is 0 Å². The molecule has 7 nitrogen and oxygen atoms in total. The zero-order chi connectivity index (χ0) is 17.1. The molecule has 0 aliphatic carbocycles. The highest BCUT2D eigenvalue weighted by molar-refractivity contribution is 5.94. The zero-order valence-electron chi connectivity index (χ0n) is 12.7. The van der Waals surface area contributed by atoms with Crippen LogP contribution in [0.3, 0.4) is 0 Å². The molecule has 1 aromatic heterocycles. The molecule has 0 saturated heterocycles. The van der Waals surface area contributed by atoms with Crippen molar-refractivity contribution in [2.75, 3.05) is 12.4 Å². The number of hydrogen-bond donors (Lipinski definition) is 1. The van der Waals surface area contributed by atoms with Crippen molar-refractivity contribution in [1.82, 2.24) is 4.98 Å². The first-order valence-corrected chi connectivity index (χ1v) is 7.07. The van der Waals surface area contributed by atoms with Crippen molar-refractivity contribution in [2.24, 2.45) is 0 Å². The molecule has 0 fully saturated rings. The minimum absolute atomic E-state index is 0.000380. The van der Waals surface area contributed by atoms with E-state index in [2.05, 4.69) is 15.0 Å². The number of pyridine rings is 1. The second-order valence-corrected chi connectivity index (χ2v) is 5.01. The third-order valence-electron chi connectivity index (χ3n) is 3.52. The molecule has 0 amide bonds. The smallest absolute Gasteiger partial charge is 0.337 e. The summed E-state index contributed by atoms with van der Waals surface area (Å²) in [5.74, 6) is -0.411. The van der Waals surface area contributed by atoms with Crippen molar-refractivity contribution in [1.29, 1.82) is 0 Å². The molecule has 0 aliphatic heterocycles. The Balaban J connectivity index is 1.96. The van der Waals surface area contributed by atoms with Gasteiger partial charge in [-0.15, -0.1) is 0 Å². The molecule has 3 rings (SSSR count). The summed E-state index contributed by atoms with van der Waals surface area (Å²) in [4.78, 5) is 26.2. The Labute approximate surface area is 137 Å². The van der Waals surface area contributed by atoms with E-state index in [0.29, 0.717) is 22.2 Å². The van der Waals surface area contributed by atoms with Crippen LogP contribution in [0, 0.1) is 10.1 Å². The van der Waals surface area contributed by atoms with E-state index >= 15 is 0 Å². The van der Waals surface area contributed by atoms with Crippen molar-refractivity contribution in [3.63, 3.8) is 0 Å². The Hall–Kier alpha value is -3.48. The first kappa shape index (κ1) is 15.4. The average Bonchev–Trinajstić information content (AvgIpc) is 2.61. The van der Waals surface area contributed by atoms with E-state index in [-0.39, 0.29) is 5.69 Å². The number of non-ortho nitro benzene ring substituents is 1. The molecule has 1 N–H and O–H groups in total. The highest BCUT2D eigenvalue weighted by Gasteiger charge is 2.10. The Morgan fingerprint density at radius 1 is 1.17 bits per heavy atom. The molecule has 0 saturated carbocycles. The van der Waals surface area contributed by atoms with Gasteiger partial charge < -0.3 is 10.1 Å². The monoisotopic (exact) mass is 323 g/mol. The van der Waals surface area contributed by atoms with Crippen LogP contribution in [-0.4, -0.2) is 23.0 Å². The molecule has 24 heavy (non-hydrogen) atoms. The Kier molecular flexibility index (Phi) is 4.07. The Bertz CT molecular complexity index is 923. The van der Waals surface area contributed by atoms with Gasteiger partial charge in [0.05, 0.1) is 23.1 Å². The number of nitrogens with zero attached hydrogens (tertiary/aromatic N) is 2. The number of methoxy groups -OCH3 is 1. The fraction of sp³-hybridized carbons (Fsp3) is 0.0588. The number of ether oxygens (including phenoxy) is 1. The number of aromatic nitrogens is 1. The van der Waals surface area contributed by atoms with Crippen LogP contribution in [0.5, 0.6) is 0 Å². The SMILES string of the molecule is COC(=O)c1ccc(Nc2ccnc3ccc([N+](=O)[O-])cc23)cc1. The molecule has 3 aromatic rings. The van der Waals surface area contributed by atoms with E-state index in [1.165, 1.54) is 19.2 Å². The quantitative estimate of drug-likeness (QED) is 0.447. The van der Waals surface area contributed by atoms with E-state index in [1.807, 2.05) is 0 Å². The summed E-state index contributed by atoms with van der Waals surface area (Å²) in [6.45, 7) is 0. The van der Waals surface area contributed by atoms with E-state index in [1.54, 1.807) is 42.6 Å². The van der Waals surface area contributed by atoms with Crippen LogP contribution in [-0.2, 0) is 4.74 Å². The van der Waals surface area contributed by atoms with Crippen LogP contribution in [0.4, 0.5) is 17.1 Å². The summed E-state index contributed by atoms with van der Waals surface area (Å²) in [7, 11) is 1.32. The maximum atomic E-state index is 11.4. The van der Waals surface area contributed by atoms with Crippen LogP contribution in [0.2, 0.25) is 0 Å². The number of esters is 1. The molecule has 7 heteroatoms. The molecule has 120 valence electrons. The summed E-state index contributed by atoms with van der Waals surface area (Å²) >= 11 is 0. The maximum Gasteiger partial charge on any atom is 0.337 e. The number of nitro groups is 1. The van der Waals surface area contributed by atoms with Crippen LogP contribution in [0.25, 0.3) is 10.9 Å². The van der Waals surface area contributed by atoms with Gasteiger partial charge >= 0.3 is 5.97 Å². The highest BCUT2D eigenvalue weighted by Crippen LogP contribution is 2.28. The lowest BCUT2D eigenvalue weighted by Crippen LogP contribution is -2.01. The van der Waals surface area contributed by atoms with E-state index in [9.17, 15) is 14.9 Å². The first-order chi connectivity index (χ1) is 11.6. The van der Waals surface area contributed by atoms with Gasteiger partial charge in [-0.3, -0.25) is 15.1 Å². The lowest BCUT2D eigenvalue weighted by atomic mass is 10.1. The number of anilines is 2. The van der Waals surface area contributed by atoms with Gasteiger partial charge in [0.25, 0.3) is 5.69 Å². The van der Waals surface area contributed by atoms with Crippen LogP contribution >= 0.6 is 0 Å². The van der Waals surface area contributed by atoms with Gasteiger partial charge in [-0.2, -0.15) is 0 Å². The minimum Gasteiger partial charge on any atom is -0.465 e. The molecule has 0 aliphatic rings. The molecule has 0 bridgehead atoms. The number of fused-ring (bicyclic) bond motifs is 1. The van der Waals surface area contributed by atoms with E-state index < -0.39 is 10.9 Å². The predicted molar refractivity (Wildman–Crippen MR) is 89.5 cm³/mol. The molecule has 0 radical (unpaired) electrons. The Morgan fingerprint density at radius 3 is 2.58 bits per heavy atom. The molecular formula is C17H13N3O4. The highest BCUT2D eigenvalue weighted by atomic mass is 16.6. The predicted octanol–water partition coefficient (Wildman–Crippen LogP) is 3.67. The van der Waals surface area contributed by atoms with Crippen LogP contribution in [0.15, 0.2) is 54.7 Å². The van der Waals surface area contributed by atoms with Gasteiger partial charge in [0, 0.05) is 35.1 Å².